The third-order valence-electron chi connectivity index (χ3n) is 7.45. The fraction of sp³-hybridized carbons (Fsp3) is 0.276. The quantitative estimate of drug-likeness (QED) is 0.439. The molecular formula is C29H28N2O7. The van der Waals surface area contributed by atoms with Crippen molar-refractivity contribution in [2.45, 2.75) is 18.0 Å². The first-order chi connectivity index (χ1) is 18.4. The van der Waals surface area contributed by atoms with Gasteiger partial charge in [0.15, 0.2) is 11.5 Å². The SMILES string of the molecule is COc1ccc([C@@H]2N[C@](Cc3ccccc3)(C(=O)O)[C@H]3C(=O)N(c4ccccc4OC)C(=O)[C@H]23)cc1OC. The molecule has 0 saturated carbocycles. The highest BCUT2D eigenvalue weighted by Crippen LogP contribution is 2.52. The fourth-order valence-corrected chi connectivity index (χ4v) is 5.74. The van der Waals surface area contributed by atoms with Crippen LogP contribution in [0.25, 0.3) is 0 Å². The molecule has 0 unspecified atom stereocenters. The lowest BCUT2D eigenvalue weighted by Crippen LogP contribution is -2.57. The van der Waals surface area contributed by atoms with E-state index in [1.54, 1.807) is 42.5 Å². The molecule has 9 heteroatoms. The zero-order valence-corrected chi connectivity index (χ0v) is 21.2. The number of nitrogens with zero attached hydrogens (tertiary/aromatic N) is 1. The van der Waals surface area contributed by atoms with Crippen LogP contribution in [0, 0.1) is 11.8 Å². The summed E-state index contributed by atoms with van der Waals surface area (Å²) in [4.78, 5) is 42.3. The van der Waals surface area contributed by atoms with E-state index in [2.05, 4.69) is 5.32 Å². The van der Waals surface area contributed by atoms with Crippen molar-refractivity contribution in [3.8, 4) is 17.2 Å². The number of hydrogen-bond acceptors (Lipinski definition) is 7. The molecule has 3 aromatic carbocycles. The number of nitrogens with one attached hydrogen (secondary N) is 1. The summed E-state index contributed by atoms with van der Waals surface area (Å²) in [5.41, 5.74) is -0.126. The number of imide groups is 1. The number of aliphatic carboxylic acids is 1. The van der Waals surface area contributed by atoms with Crippen LogP contribution in [-0.2, 0) is 20.8 Å². The van der Waals surface area contributed by atoms with E-state index < -0.39 is 41.2 Å². The van der Waals surface area contributed by atoms with E-state index in [4.69, 9.17) is 14.2 Å². The minimum atomic E-state index is -1.74. The average molecular weight is 517 g/mol. The molecule has 0 aromatic heterocycles. The highest BCUT2D eigenvalue weighted by Gasteiger charge is 2.68. The number of anilines is 1. The Balaban J connectivity index is 1.68. The average Bonchev–Trinajstić information content (AvgIpc) is 3.42. The maximum Gasteiger partial charge on any atom is 0.325 e. The molecular weight excluding hydrogens is 488 g/mol. The fourth-order valence-electron chi connectivity index (χ4n) is 5.74. The molecule has 3 aromatic rings. The summed E-state index contributed by atoms with van der Waals surface area (Å²) in [5, 5.41) is 13.9. The molecule has 0 spiro atoms. The highest BCUT2D eigenvalue weighted by atomic mass is 16.5. The van der Waals surface area contributed by atoms with E-state index in [0.29, 0.717) is 22.8 Å². The Hall–Kier alpha value is -4.37. The molecule has 0 radical (unpaired) electrons. The van der Waals surface area contributed by atoms with Crippen LogP contribution >= 0.6 is 0 Å². The topological polar surface area (TPSA) is 114 Å². The maximum absolute atomic E-state index is 14.1. The number of rotatable bonds is 8. The number of carboxylic acids is 1. The van der Waals surface area contributed by atoms with Crippen molar-refractivity contribution in [2.75, 3.05) is 26.2 Å². The van der Waals surface area contributed by atoms with Gasteiger partial charge in [-0.2, -0.15) is 0 Å². The van der Waals surface area contributed by atoms with Crippen LogP contribution in [0.2, 0.25) is 0 Å². The van der Waals surface area contributed by atoms with Gasteiger partial charge < -0.3 is 19.3 Å². The number of carbonyl (C=O) groups is 3. The lowest BCUT2D eigenvalue weighted by Gasteiger charge is -2.31. The molecule has 2 aliphatic rings. The molecule has 38 heavy (non-hydrogen) atoms. The Bertz CT molecular complexity index is 1390. The van der Waals surface area contributed by atoms with Crippen LogP contribution in [0.15, 0.2) is 72.8 Å². The Morgan fingerprint density at radius 1 is 0.868 bits per heavy atom. The first-order valence-corrected chi connectivity index (χ1v) is 12.1. The second-order valence-electron chi connectivity index (χ2n) is 9.36. The molecule has 196 valence electrons. The summed E-state index contributed by atoms with van der Waals surface area (Å²) in [6.07, 6.45) is 0.00686. The van der Waals surface area contributed by atoms with Gasteiger partial charge in [-0.05, 0) is 35.4 Å². The molecule has 0 aliphatic carbocycles. The van der Waals surface area contributed by atoms with Crippen molar-refractivity contribution in [3.05, 3.63) is 83.9 Å². The molecule has 2 amide bonds. The van der Waals surface area contributed by atoms with Crippen molar-refractivity contribution >= 4 is 23.5 Å². The number of carbonyl (C=O) groups excluding carboxylic acids is 2. The molecule has 9 nitrogen and oxygen atoms in total. The second kappa shape index (κ2) is 9.83. The second-order valence-corrected chi connectivity index (χ2v) is 9.36. The number of fused-ring (bicyclic) bond motifs is 1. The van der Waals surface area contributed by atoms with E-state index in [0.717, 1.165) is 10.5 Å². The van der Waals surface area contributed by atoms with Crippen molar-refractivity contribution in [1.82, 2.24) is 5.32 Å². The smallest absolute Gasteiger partial charge is 0.325 e. The Labute approximate surface area is 219 Å². The van der Waals surface area contributed by atoms with Crippen molar-refractivity contribution in [1.29, 1.82) is 0 Å². The summed E-state index contributed by atoms with van der Waals surface area (Å²) < 4.78 is 16.2. The minimum Gasteiger partial charge on any atom is -0.495 e. The maximum atomic E-state index is 14.1. The number of amides is 2. The van der Waals surface area contributed by atoms with Gasteiger partial charge in [-0.25, -0.2) is 4.90 Å². The van der Waals surface area contributed by atoms with Crippen LogP contribution in [0.3, 0.4) is 0 Å². The molecule has 5 rings (SSSR count). The van der Waals surface area contributed by atoms with Crippen LogP contribution in [0.4, 0.5) is 5.69 Å². The zero-order valence-electron chi connectivity index (χ0n) is 21.2. The van der Waals surface area contributed by atoms with Gasteiger partial charge in [0.05, 0.1) is 38.9 Å². The van der Waals surface area contributed by atoms with Gasteiger partial charge in [-0.1, -0.05) is 48.5 Å². The molecule has 2 fully saturated rings. The lowest BCUT2D eigenvalue weighted by atomic mass is 9.76. The zero-order chi connectivity index (χ0) is 27.0. The van der Waals surface area contributed by atoms with Gasteiger partial charge in [0.2, 0.25) is 11.8 Å². The number of hydrogen-bond donors (Lipinski definition) is 2. The van der Waals surface area contributed by atoms with Crippen LogP contribution in [0.5, 0.6) is 17.2 Å². The first kappa shape index (κ1) is 25.3. The van der Waals surface area contributed by atoms with E-state index in [1.807, 2.05) is 30.3 Å². The number of benzene rings is 3. The van der Waals surface area contributed by atoms with E-state index in [9.17, 15) is 19.5 Å². The van der Waals surface area contributed by atoms with Crippen LogP contribution in [0.1, 0.15) is 17.2 Å². The monoisotopic (exact) mass is 516 g/mol. The molecule has 2 heterocycles. The molecule has 2 saturated heterocycles. The highest BCUT2D eigenvalue weighted by molar-refractivity contribution is 6.24. The normalized spacial score (nSPS) is 24.3. The Kier molecular flexibility index (Phi) is 6.54. The minimum absolute atomic E-state index is 0.00686. The lowest BCUT2D eigenvalue weighted by molar-refractivity contribution is -0.148. The van der Waals surface area contributed by atoms with Crippen LogP contribution in [-0.4, -0.2) is 49.8 Å². The summed E-state index contributed by atoms with van der Waals surface area (Å²) in [6.45, 7) is 0. The standard InChI is InChI=1S/C29H28N2O7/c1-36-20-12-8-7-11-19(20)31-26(32)23-24(27(31)33)29(28(34)35,16-17-9-5-4-6-10-17)30-25(23)18-13-14-21(37-2)22(15-18)38-3/h4-15,23-25,30H,16H2,1-3H3,(H,34,35)/t23-,24+,25-,29-/m0/s1. The Morgan fingerprint density at radius 3 is 2.18 bits per heavy atom. The van der Waals surface area contributed by atoms with Crippen molar-refractivity contribution < 1.29 is 33.7 Å². The summed E-state index contributed by atoms with van der Waals surface area (Å²) >= 11 is 0. The molecule has 4 atom stereocenters. The van der Waals surface area contributed by atoms with Crippen molar-refractivity contribution in [2.24, 2.45) is 11.8 Å². The summed E-state index contributed by atoms with van der Waals surface area (Å²) in [5.74, 6) is -3.18. The molecule has 0 bridgehead atoms. The van der Waals surface area contributed by atoms with Gasteiger partial charge in [0, 0.05) is 12.5 Å². The number of ether oxygens (including phenoxy) is 3. The number of methoxy groups -OCH3 is 3. The third-order valence-corrected chi connectivity index (χ3v) is 7.45. The van der Waals surface area contributed by atoms with E-state index >= 15 is 0 Å². The Morgan fingerprint density at radius 2 is 1.53 bits per heavy atom. The van der Waals surface area contributed by atoms with Crippen LogP contribution < -0.4 is 24.4 Å². The molecule has 2 aliphatic heterocycles. The summed E-state index contributed by atoms with van der Waals surface area (Å²) in [6, 6.07) is 20.2. The van der Waals surface area contributed by atoms with Gasteiger partial charge in [0.25, 0.3) is 0 Å². The third kappa shape index (κ3) is 3.86. The number of para-hydroxylation sites is 2. The first-order valence-electron chi connectivity index (χ1n) is 12.1. The predicted octanol–water partition coefficient (Wildman–Crippen LogP) is 3.23. The predicted molar refractivity (Wildman–Crippen MR) is 138 cm³/mol. The van der Waals surface area contributed by atoms with Gasteiger partial charge in [0.1, 0.15) is 11.3 Å². The molecule has 2 N–H and O–H groups in total. The van der Waals surface area contributed by atoms with E-state index in [1.165, 1.54) is 21.3 Å². The number of carboxylic acid groups (broad SMARTS) is 1. The van der Waals surface area contributed by atoms with Gasteiger partial charge in [-0.15, -0.1) is 0 Å². The van der Waals surface area contributed by atoms with Gasteiger partial charge >= 0.3 is 5.97 Å². The summed E-state index contributed by atoms with van der Waals surface area (Å²) in [7, 11) is 4.47. The largest absolute Gasteiger partial charge is 0.495 e. The van der Waals surface area contributed by atoms with Gasteiger partial charge in [-0.3, -0.25) is 19.7 Å². The van der Waals surface area contributed by atoms with E-state index in [-0.39, 0.29) is 12.1 Å². The van der Waals surface area contributed by atoms with Crippen molar-refractivity contribution in [3.63, 3.8) is 0 Å².